The van der Waals surface area contributed by atoms with E-state index in [-0.39, 0.29) is 5.91 Å². The van der Waals surface area contributed by atoms with Gasteiger partial charge >= 0.3 is 0 Å². The van der Waals surface area contributed by atoms with Gasteiger partial charge in [-0.15, -0.1) is 0 Å². The highest BCUT2D eigenvalue weighted by atomic mass is 35.5. The van der Waals surface area contributed by atoms with Crippen LogP contribution in [0.4, 0.5) is 11.5 Å². The van der Waals surface area contributed by atoms with Gasteiger partial charge in [0.2, 0.25) is 5.91 Å². The van der Waals surface area contributed by atoms with E-state index in [0.717, 1.165) is 56.4 Å². The van der Waals surface area contributed by atoms with Crippen LogP contribution in [0.25, 0.3) is 0 Å². The van der Waals surface area contributed by atoms with Gasteiger partial charge in [-0.1, -0.05) is 31.4 Å². The lowest BCUT2D eigenvalue weighted by Crippen LogP contribution is -2.51. The molecule has 1 aliphatic carbocycles. The van der Waals surface area contributed by atoms with E-state index in [9.17, 15) is 4.79 Å². The first-order valence-corrected chi connectivity index (χ1v) is 9.89. The molecule has 0 bridgehead atoms. The Hall–Kier alpha value is -1.60. The predicted molar refractivity (Wildman–Crippen MR) is 105 cm³/mol. The summed E-state index contributed by atoms with van der Waals surface area (Å²) in [6.07, 6.45) is 6.23. The van der Waals surface area contributed by atoms with Gasteiger partial charge in [0.25, 0.3) is 0 Å². The third-order valence-corrected chi connectivity index (χ3v) is 5.66. The fraction of sp³-hybridized carbons (Fsp3) is 0.722. The largest absolute Gasteiger partial charge is 0.383 e. The molecule has 2 atom stereocenters. The van der Waals surface area contributed by atoms with Gasteiger partial charge in [0.05, 0.1) is 6.54 Å². The molecule has 1 saturated carbocycles. The van der Waals surface area contributed by atoms with E-state index in [1.165, 1.54) is 19.2 Å². The summed E-state index contributed by atoms with van der Waals surface area (Å²) in [6.45, 7) is 6.04. The zero-order valence-corrected chi connectivity index (χ0v) is 16.4. The first-order chi connectivity index (χ1) is 12.6. The Labute approximate surface area is 160 Å². The van der Waals surface area contributed by atoms with E-state index < -0.39 is 0 Å². The molecule has 144 valence electrons. The van der Waals surface area contributed by atoms with Crippen molar-refractivity contribution in [2.75, 3.05) is 50.0 Å². The molecule has 8 heteroatoms. The fourth-order valence-corrected chi connectivity index (χ4v) is 4.19. The topological polar surface area (TPSA) is 73.4 Å². The van der Waals surface area contributed by atoms with E-state index >= 15 is 0 Å². The maximum atomic E-state index is 12.4. The lowest BCUT2D eigenvalue weighted by atomic mass is 9.87. The number of piperazine rings is 1. The Balaban J connectivity index is 1.48. The third kappa shape index (κ3) is 4.76. The van der Waals surface area contributed by atoms with Gasteiger partial charge in [-0.25, -0.2) is 9.97 Å². The third-order valence-electron chi connectivity index (χ3n) is 5.37. The highest BCUT2D eigenvalue weighted by Gasteiger charge is 2.24. The lowest BCUT2D eigenvalue weighted by Gasteiger charge is -2.36. The Bertz CT molecular complexity index is 620. The van der Waals surface area contributed by atoms with Crippen molar-refractivity contribution in [1.29, 1.82) is 0 Å². The number of aromatic nitrogens is 2. The van der Waals surface area contributed by atoms with E-state index in [2.05, 4.69) is 37.3 Å². The molecule has 3 rings (SSSR count). The van der Waals surface area contributed by atoms with E-state index in [0.29, 0.717) is 17.7 Å². The molecule has 1 saturated heterocycles. The van der Waals surface area contributed by atoms with Crippen molar-refractivity contribution in [2.45, 2.75) is 38.6 Å². The summed E-state index contributed by atoms with van der Waals surface area (Å²) in [5.41, 5.74) is 0.756. The van der Waals surface area contributed by atoms with Crippen LogP contribution in [0.5, 0.6) is 0 Å². The summed E-state index contributed by atoms with van der Waals surface area (Å²) in [4.78, 5) is 25.2. The Kier molecular flexibility index (Phi) is 6.53. The molecule has 1 aromatic heterocycles. The number of hydrogen-bond donors (Lipinski definition) is 2. The molecular formula is C18H29ClN6O. The standard InChI is InChI=1S/C18H29ClN6O/c1-13-4-3-5-14(10-13)23-15(26)11-24-6-8-25(9-7-24)18-16(20-2)17(19)21-12-22-18/h12-14,20H,3-11H2,1-2H3,(H,23,26). The van der Waals surface area contributed by atoms with Crippen molar-refractivity contribution in [3.05, 3.63) is 11.5 Å². The molecule has 1 aliphatic heterocycles. The van der Waals surface area contributed by atoms with Crippen molar-refractivity contribution in [3.8, 4) is 0 Å². The van der Waals surface area contributed by atoms with Crippen LogP contribution < -0.4 is 15.5 Å². The van der Waals surface area contributed by atoms with E-state index in [1.807, 2.05) is 7.05 Å². The van der Waals surface area contributed by atoms with Crippen LogP contribution in [0.2, 0.25) is 5.15 Å². The number of carbonyl (C=O) groups is 1. The van der Waals surface area contributed by atoms with E-state index in [4.69, 9.17) is 11.6 Å². The van der Waals surface area contributed by atoms with Gasteiger partial charge in [0.1, 0.15) is 12.0 Å². The Morgan fingerprint density at radius 1 is 1.27 bits per heavy atom. The van der Waals surface area contributed by atoms with Crippen LogP contribution in [0.1, 0.15) is 32.6 Å². The number of hydrogen-bond acceptors (Lipinski definition) is 6. The molecule has 2 heterocycles. The fourth-order valence-electron chi connectivity index (χ4n) is 3.97. The van der Waals surface area contributed by atoms with Crippen LogP contribution in [0.15, 0.2) is 6.33 Å². The SMILES string of the molecule is CNc1c(Cl)ncnc1N1CCN(CC(=O)NC2CCCC(C)C2)CC1. The molecule has 2 unspecified atom stereocenters. The summed E-state index contributed by atoms with van der Waals surface area (Å²) in [5.74, 6) is 1.70. The summed E-state index contributed by atoms with van der Waals surface area (Å²) in [5, 5.41) is 6.73. The Morgan fingerprint density at radius 3 is 2.73 bits per heavy atom. The van der Waals surface area contributed by atoms with E-state index in [1.54, 1.807) is 0 Å². The quantitative estimate of drug-likeness (QED) is 0.761. The molecule has 26 heavy (non-hydrogen) atoms. The van der Waals surface area contributed by atoms with Crippen molar-refractivity contribution < 1.29 is 4.79 Å². The molecule has 0 aromatic carbocycles. The monoisotopic (exact) mass is 380 g/mol. The normalized spacial score (nSPS) is 24.3. The van der Waals surface area contributed by atoms with Crippen LogP contribution in [-0.2, 0) is 4.79 Å². The van der Waals surface area contributed by atoms with Gasteiger partial charge in [0.15, 0.2) is 11.0 Å². The van der Waals surface area contributed by atoms with Crippen molar-refractivity contribution in [1.82, 2.24) is 20.2 Å². The van der Waals surface area contributed by atoms with Gasteiger partial charge in [-0.3, -0.25) is 9.69 Å². The van der Waals surface area contributed by atoms with Gasteiger partial charge < -0.3 is 15.5 Å². The lowest BCUT2D eigenvalue weighted by molar-refractivity contribution is -0.123. The molecule has 2 N–H and O–H groups in total. The number of rotatable bonds is 5. The molecular weight excluding hydrogens is 352 g/mol. The maximum absolute atomic E-state index is 12.4. The van der Waals surface area contributed by atoms with Crippen molar-refractivity contribution >= 4 is 29.0 Å². The highest BCUT2D eigenvalue weighted by molar-refractivity contribution is 6.32. The zero-order chi connectivity index (χ0) is 18.5. The smallest absolute Gasteiger partial charge is 0.234 e. The second-order valence-corrected chi connectivity index (χ2v) is 7.77. The van der Waals surface area contributed by atoms with Crippen LogP contribution in [-0.4, -0.2) is 66.6 Å². The molecule has 0 spiro atoms. The minimum Gasteiger partial charge on any atom is -0.383 e. The number of carbonyl (C=O) groups excluding carboxylic acids is 1. The molecule has 7 nitrogen and oxygen atoms in total. The minimum atomic E-state index is 0.151. The molecule has 1 amide bonds. The molecule has 0 radical (unpaired) electrons. The summed E-state index contributed by atoms with van der Waals surface area (Å²) >= 11 is 6.15. The summed E-state index contributed by atoms with van der Waals surface area (Å²) in [7, 11) is 1.82. The highest BCUT2D eigenvalue weighted by Crippen LogP contribution is 2.29. The molecule has 2 aliphatic rings. The van der Waals surface area contributed by atoms with Gasteiger partial charge in [-0.2, -0.15) is 0 Å². The second kappa shape index (κ2) is 8.86. The summed E-state index contributed by atoms with van der Waals surface area (Å²) < 4.78 is 0. The van der Waals surface area contributed by atoms with Crippen LogP contribution >= 0.6 is 11.6 Å². The number of amides is 1. The van der Waals surface area contributed by atoms with Gasteiger partial charge in [0, 0.05) is 39.3 Å². The second-order valence-electron chi connectivity index (χ2n) is 7.41. The maximum Gasteiger partial charge on any atom is 0.234 e. The Morgan fingerprint density at radius 2 is 2.04 bits per heavy atom. The predicted octanol–water partition coefficient (Wildman–Crippen LogP) is 1.99. The van der Waals surface area contributed by atoms with Crippen LogP contribution in [0, 0.1) is 5.92 Å². The first-order valence-electron chi connectivity index (χ1n) is 9.51. The molecule has 2 fully saturated rings. The average molecular weight is 381 g/mol. The van der Waals surface area contributed by atoms with Crippen molar-refractivity contribution in [3.63, 3.8) is 0 Å². The number of anilines is 2. The number of halogens is 1. The summed E-state index contributed by atoms with van der Waals surface area (Å²) in [6, 6.07) is 0.355. The number of nitrogens with one attached hydrogen (secondary N) is 2. The van der Waals surface area contributed by atoms with Gasteiger partial charge in [-0.05, 0) is 18.8 Å². The first kappa shape index (κ1) is 19.2. The molecule has 1 aromatic rings. The van der Waals surface area contributed by atoms with Crippen LogP contribution in [0.3, 0.4) is 0 Å². The average Bonchev–Trinajstić information content (AvgIpc) is 2.62. The zero-order valence-electron chi connectivity index (χ0n) is 15.7. The number of nitrogens with zero attached hydrogens (tertiary/aromatic N) is 4. The minimum absolute atomic E-state index is 0.151. The van der Waals surface area contributed by atoms with Crippen molar-refractivity contribution in [2.24, 2.45) is 5.92 Å².